The second-order valence-corrected chi connectivity index (χ2v) is 5.43. The molecule has 0 spiro atoms. The van der Waals surface area contributed by atoms with Crippen LogP contribution in [-0.4, -0.2) is 21.1 Å². The van der Waals surface area contributed by atoms with E-state index in [4.69, 9.17) is 4.42 Å². The number of nitro groups is 1. The molecule has 3 aromatic heterocycles. The molecule has 0 aliphatic heterocycles. The first-order valence-corrected chi connectivity index (χ1v) is 7.25. The Hall–Kier alpha value is -2.81. The number of nitrogens with zero attached hydrogens (tertiary/aromatic N) is 4. The molecule has 0 aliphatic rings. The van der Waals surface area contributed by atoms with Crippen molar-refractivity contribution >= 4 is 39.5 Å². The third-order valence-electron chi connectivity index (χ3n) is 2.88. The van der Waals surface area contributed by atoms with Gasteiger partial charge in [0.2, 0.25) is 0 Å². The van der Waals surface area contributed by atoms with E-state index < -0.39 is 4.92 Å². The Kier molecular flexibility index (Phi) is 3.79. The average molecular weight is 317 g/mol. The summed E-state index contributed by atoms with van der Waals surface area (Å²) in [5.41, 5.74) is 2.81. The van der Waals surface area contributed by atoms with E-state index in [-0.39, 0.29) is 11.6 Å². The standard InChI is InChI=1S/C13H11N5O3S/c1-2-9-5-10-12(14-7-15-13(10)22-9)17-16-6-8-3-4-11(21-8)18(19)20/h3-7H,2H2,1H3,(H,14,15,17)/b16-6-. The first-order chi connectivity index (χ1) is 10.7. The van der Waals surface area contributed by atoms with Crippen LogP contribution in [0.2, 0.25) is 0 Å². The van der Waals surface area contributed by atoms with Gasteiger partial charge >= 0.3 is 5.88 Å². The van der Waals surface area contributed by atoms with E-state index in [0.717, 1.165) is 16.6 Å². The number of rotatable bonds is 5. The van der Waals surface area contributed by atoms with Gasteiger partial charge in [-0.15, -0.1) is 11.3 Å². The van der Waals surface area contributed by atoms with E-state index in [9.17, 15) is 10.1 Å². The molecule has 3 rings (SSSR count). The number of hydrogen-bond acceptors (Lipinski definition) is 8. The molecule has 0 radical (unpaired) electrons. The van der Waals surface area contributed by atoms with Crippen molar-refractivity contribution in [1.29, 1.82) is 0 Å². The smallest absolute Gasteiger partial charge is 0.400 e. The summed E-state index contributed by atoms with van der Waals surface area (Å²) in [6.07, 6.45) is 3.75. The summed E-state index contributed by atoms with van der Waals surface area (Å²) in [5.74, 6) is 0.540. The maximum atomic E-state index is 10.5. The Labute approximate surface area is 128 Å². The number of fused-ring (bicyclic) bond motifs is 1. The average Bonchev–Trinajstić information content (AvgIpc) is 3.13. The minimum atomic E-state index is -0.601. The maximum Gasteiger partial charge on any atom is 0.433 e. The monoisotopic (exact) mass is 317 g/mol. The van der Waals surface area contributed by atoms with Crippen LogP contribution in [0.3, 0.4) is 0 Å². The zero-order valence-corrected chi connectivity index (χ0v) is 12.3. The molecule has 0 atom stereocenters. The zero-order valence-electron chi connectivity index (χ0n) is 11.5. The van der Waals surface area contributed by atoms with Gasteiger partial charge in [0.05, 0.1) is 17.7 Å². The van der Waals surface area contributed by atoms with E-state index in [1.807, 2.05) is 6.07 Å². The molecule has 0 aromatic carbocycles. The Balaban J connectivity index is 1.79. The Morgan fingerprint density at radius 2 is 2.36 bits per heavy atom. The Morgan fingerprint density at radius 3 is 3.09 bits per heavy atom. The Bertz CT molecular complexity index is 854. The lowest BCUT2D eigenvalue weighted by molar-refractivity contribution is -0.402. The SMILES string of the molecule is CCc1cc2c(N/N=C\c3ccc([N+](=O)[O-])o3)ncnc2s1. The molecule has 0 unspecified atom stereocenters. The molecule has 3 aromatic rings. The minimum absolute atomic E-state index is 0.282. The quantitative estimate of drug-likeness (QED) is 0.440. The van der Waals surface area contributed by atoms with Crippen molar-refractivity contribution in [2.24, 2.45) is 5.10 Å². The molecule has 0 bridgehead atoms. The van der Waals surface area contributed by atoms with E-state index in [0.29, 0.717) is 5.82 Å². The van der Waals surface area contributed by atoms with Crippen molar-refractivity contribution in [2.45, 2.75) is 13.3 Å². The number of hydrogen-bond donors (Lipinski definition) is 1. The molecule has 22 heavy (non-hydrogen) atoms. The second-order valence-electron chi connectivity index (χ2n) is 4.31. The molecule has 0 fully saturated rings. The lowest BCUT2D eigenvalue weighted by Crippen LogP contribution is -1.94. The van der Waals surface area contributed by atoms with Crippen LogP contribution in [0.5, 0.6) is 0 Å². The van der Waals surface area contributed by atoms with Gasteiger partial charge in [-0.3, -0.25) is 15.5 Å². The predicted molar refractivity (Wildman–Crippen MR) is 83.4 cm³/mol. The lowest BCUT2D eigenvalue weighted by atomic mass is 10.3. The minimum Gasteiger partial charge on any atom is -0.400 e. The van der Waals surface area contributed by atoms with E-state index >= 15 is 0 Å². The van der Waals surface area contributed by atoms with Gasteiger partial charge in [-0.1, -0.05) is 6.92 Å². The summed E-state index contributed by atoms with van der Waals surface area (Å²) in [4.78, 5) is 20.4. The molecule has 9 heteroatoms. The molecule has 1 N–H and O–H groups in total. The second kappa shape index (κ2) is 5.90. The Morgan fingerprint density at radius 1 is 1.50 bits per heavy atom. The van der Waals surface area contributed by atoms with Gasteiger partial charge in [0, 0.05) is 4.88 Å². The normalized spacial score (nSPS) is 11.3. The summed E-state index contributed by atoms with van der Waals surface area (Å²) in [7, 11) is 0. The van der Waals surface area contributed by atoms with Crippen molar-refractivity contribution in [3.63, 3.8) is 0 Å². The van der Waals surface area contributed by atoms with Gasteiger partial charge in [-0.2, -0.15) is 5.10 Å². The summed E-state index contributed by atoms with van der Waals surface area (Å²) >= 11 is 1.61. The fourth-order valence-corrected chi connectivity index (χ4v) is 2.77. The van der Waals surface area contributed by atoms with Crippen molar-refractivity contribution in [3.8, 4) is 0 Å². The van der Waals surface area contributed by atoms with Gasteiger partial charge in [-0.25, -0.2) is 9.97 Å². The summed E-state index contributed by atoms with van der Waals surface area (Å²) in [5, 5.41) is 15.4. The van der Waals surface area contributed by atoms with Crippen LogP contribution < -0.4 is 5.43 Å². The lowest BCUT2D eigenvalue weighted by Gasteiger charge is -1.98. The molecule has 0 saturated carbocycles. The van der Waals surface area contributed by atoms with E-state index in [1.54, 1.807) is 11.3 Å². The summed E-state index contributed by atoms with van der Waals surface area (Å²) in [6, 6.07) is 4.77. The summed E-state index contributed by atoms with van der Waals surface area (Å²) < 4.78 is 4.97. The molecule has 8 nitrogen and oxygen atoms in total. The van der Waals surface area contributed by atoms with Crippen LogP contribution in [0.25, 0.3) is 10.2 Å². The number of hydrazone groups is 1. The van der Waals surface area contributed by atoms with Crippen LogP contribution in [0.1, 0.15) is 17.6 Å². The number of aryl methyl sites for hydroxylation is 1. The zero-order chi connectivity index (χ0) is 15.5. The number of thiophene rings is 1. The molecule has 0 aliphatic carbocycles. The van der Waals surface area contributed by atoms with Crippen molar-refractivity contribution in [1.82, 2.24) is 9.97 Å². The van der Waals surface area contributed by atoms with Crippen molar-refractivity contribution in [2.75, 3.05) is 5.43 Å². The van der Waals surface area contributed by atoms with Gasteiger partial charge in [0.25, 0.3) is 0 Å². The fourth-order valence-electron chi connectivity index (χ4n) is 1.84. The third kappa shape index (κ3) is 2.79. The van der Waals surface area contributed by atoms with Gasteiger partial charge in [0.1, 0.15) is 16.1 Å². The topological polar surface area (TPSA) is 106 Å². The van der Waals surface area contributed by atoms with Crippen LogP contribution in [0, 0.1) is 10.1 Å². The van der Waals surface area contributed by atoms with Crippen molar-refractivity contribution < 1.29 is 9.34 Å². The first kappa shape index (κ1) is 14.1. The van der Waals surface area contributed by atoms with E-state index in [2.05, 4.69) is 27.4 Å². The summed E-state index contributed by atoms with van der Waals surface area (Å²) in [6.45, 7) is 2.08. The highest BCUT2D eigenvalue weighted by molar-refractivity contribution is 7.18. The van der Waals surface area contributed by atoms with Crippen molar-refractivity contribution in [3.05, 3.63) is 45.3 Å². The first-order valence-electron chi connectivity index (χ1n) is 6.44. The number of aromatic nitrogens is 2. The molecule has 0 saturated heterocycles. The van der Waals surface area contributed by atoms with Gasteiger partial charge < -0.3 is 4.42 Å². The predicted octanol–water partition coefficient (Wildman–Crippen LogP) is 3.20. The van der Waals surface area contributed by atoms with Crippen LogP contribution >= 0.6 is 11.3 Å². The highest BCUT2D eigenvalue weighted by atomic mass is 32.1. The molecular weight excluding hydrogens is 306 g/mol. The van der Waals surface area contributed by atoms with Crippen LogP contribution in [0.4, 0.5) is 11.7 Å². The maximum absolute atomic E-state index is 10.5. The van der Waals surface area contributed by atoms with Crippen LogP contribution in [0.15, 0.2) is 34.0 Å². The molecular formula is C13H11N5O3S. The van der Waals surface area contributed by atoms with E-state index in [1.165, 1.54) is 29.6 Å². The number of furan rings is 1. The third-order valence-corrected chi connectivity index (χ3v) is 4.07. The van der Waals surface area contributed by atoms with Crippen LogP contribution in [-0.2, 0) is 6.42 Å². The highest BCUT2D eigenvalue weighted by Crippen LogP contribution is 2.28. The van der Waals surface area contributed by atoms with Gasteiger partial charge in [0.15, 0.2) is 11.6 Å². The number of nitrogens with one attached hydrogen (secondary N) is 1. The highest BCUT2D eigenvalue weighted by Gasteiger charge is 2.10. The molecule has 112 valence electrons. The molecule has 0 amide bonds. The van der Waals surface area contributed by atoms with Gasteiger partial charge in [-0.05, 0) is 18.6 Å². The fraction of sp³-hybridized carbons (Fsp3) is 0.154. The molecule has 3 heterocycles. The largest absolute Gasteiger partial charge is 0.433 e. The number of anilines is 1.